The number of rotatable bonds is 4. The maximum absolute atomic E-state index is 12.5. The van der Waals surface area contributed by atoms with Crippen LogP contribution < -0.4 is 10.6 Å². The Morgan fingerprint density at radius 3 is 2.52 bits per heavy atom. The van der Waals surface area contributed by atoms with Crippen LogP contribution in [0.2, 0.25) is 5.02 Å². The van der Waals surface area contributed by atoms with Gasteiger partial charge in [-0.25, -0.2) is 4.79 Å². The lowest BCUT2D eigenvalue weighted by Gasteiger charge is -2.05. The van der Waals surface area contributed by atoms with Gasteiger partial charge in [-0.3, -0.25) is 4.98 Å². The van der Waals surface area contributed by atoms with Gasteiger partial charge in [0.15, 0.2) is 0 Å². The van der Waals surface area contributed by atoms with Crippen LogP contribution in [0.15, 0.2) is 47.1 Å². The summed E-state index contributed by atoms with van der Waals surface area (Å²) in [4.78, 5) is 19.5. The fraction of sp³-hybridized carbons (Fsp3) is 0.125. The van der Waals surface area contributed by atoms with Gasteiger partial charge in [-0.1, -0.05) is 16.8 Å². The number of aromatic nitrogens is 3. The first-order valence-corrected chi connectivity index (χ1v) is 7.86. The first-order chi connectivity index (χ1) is 12.8. The van der Waals surface area contributed by atoms with Crippen LogP contribution in [0.4, 0.5) is 23.7 Å². The highest BCUT2D eigenvalue weighted by atomic mass is 35.5. The van der Waals surface area contributed by atoms with Crippen LogP contribution in [0.1, 0.15) is 11.5 Å². The second-order valence-electron chi connectivity index (χ2n) is 5.26. The summed E-state index contributed by atoms with van der Waals surface area (Å²) in [7, 11) is 0. The molecule has 11 heteroatoms. The molecule has 1 aromatic carbocycles. The van der Waals surface area contributed by atoms with Crippen LogP contribution in [0.25, 0.3) is 11.5 Å². The number of carbonyl (C=O) groups excluding carboxylic acids is 1. The zero-order valence-corrected chi connectivity index (χ0v) is 14.2. The van der Waals surface area contributed by atoms with Crippen molar-refractivity contribution in [3.63, 3.8) is 0 Å². The third kappa shape index (κ3) is 4.94. The first kappa shape index (κ1) is 18.6. The molecule has 2 amide bonds. The van der Waals surface area contributed by atoms with E-state index in [9.17, 15) is 18.0 Å². The predicted molar refractivity (Wildman–Crippen MR) is 89.8 cm³/mol. The monoisotopic (exact) mass is 397 g/mol. The molecule has 0 bridgehead atoms. The quantitative estimate of drug-likeness (QED) is 0.690. The minimum absolute atomic E-state index is 0.0126. The molecule has 2 heterocycles. The third-order valence-electron chi connectivity index (χ3n) is 3.29. The molecule has 27 heavy (non-hydrogen) atoms. The number of hydrogen-bond donors (Lipinski definition) is 2. The van der Waals surface area contributed by atoms with Gasteiger partial charge in [0.1, 0.15) is 5.69 Å². The Morgan fingerprint density at radius 1 is 1.15 bits per heavy atom. The Balaban J connectivity index is 1.57. The maximum Gasteiger partial charge on any atom is 0.417 e. The summed E-state index contributed by atoms with van der Waals surface area (Å²) in [5, 5.41) is 9.26. The van der Waals surface area contributed by atoms with E-state index in [-0.39, 0.29) is 24.0 Å². The number of alkyl halides is 3. The van der Waals surface area contributed by atoms with E-state index in [4.69, 9.17) is 16.1 Å². The predicted octanol–water partition coefficient (Wildman–Crippen LogP) is 4.13. The summed E-state index contributed by atoms with van der Waals surface area (Å²) >= 11 is 5.76. The molecule has 140 valence electrons. The summed E-state index contributed by atoms with van der Waals surface area (Å²) in [5.74, 6) is 0.0802. The number of amides is 2. The molecule has 0 atom stereocenters. The van der Waals surface area contributed by atoms with E-state index < -0.39 is 17.8 Å². The molecular formula is C16H11ClF3N5O2. The zero-order chi connectivity index (χ0) is 19.4. The molecule has 0 aliphatic heterocycles. The molecular weight excluding hydrogens is 387 g/mol. The van der Waals surface area contributed by atoms with Crippen LogP contribution in [0.5, 0.6) is 0 Å². The second kappa shape index (κ2) is 7.62. The Kier molecular flexibility index (Phi) is 5.26. The number of hydrogen-bond acceptors (Lipinski definition) is 5. The van der Waals surface area contributed by atoms with Gasteiger partial charge in [-0.2, -0.15) is 18.2 Å². The van der Waals surface area contributed by atoms with Crippen molar-refractivity contribution in [2.24, 2.45) is 0 Å². The summed E-state index contributed by atoms with van der Waals surface area (Å²) in [5.41, 5.74) is -0.226. The van der Waals surface area contributed by atoms with Gasteiger partial charge in [-0.05, 0) is 36.4 Å². The lowest BCUT2D eigenvalue weighted by atomic mass is 10.2. The van der Waals surface area contributed by atoms with Gasteiger partial charge in [0.05, 0.1) is 12.1 Å². The lowest BCUT2D eigenvalue weighted by molar-refractivity contribution is -0.137. The Labute approximate surface area is 155 Å². The Morgan fingerprint density at radius 2 is 1.89 bits per heavy atom. The van der Waals surface area contributed by atoms with Crippen LogP contribution in [0.3, 0.4) is 0 Å². The highest BCUT2D eigenvalue weighted by molar-refractivity contribution is 6.30. The van der Waals surface area contributed by atoms with Crippen LogP contribution in [0, 0.1) is 0 Å². The first-order valence-electron chi connectivity index (χ1n) is 7.48. The molecule has 3 aromatic rings. The average molecular weight is 398 g/mol. The van der Waals surface area contributed by atoms with Gasteiger partial charge < -0.3 is 15.2 Å². The maximum atomic E-state index is 12.5. The number of urea groups is 1. The van der Waals surface area contributed by atoms with Crippen molar-refractivity contribution in [2.75, 3.05) is 5.32 Å². The van der Waals surface area contributed by atoms with Crippen molar-refractivity contribution in [3.05, 3.63) is 59.1 Å². The summed E-state index contributed by atoms with van der Waals surface area (Å²) < 4.78 is 42.6. The average Bonchev–Trinajstić information content (AvgIpc) is 3.10. The topological polar surface area (TPSA) is 92.9 Å². The largest absolute Gasteiger partial charge is 0.417 e. The van der Waals surface area contributed by atoms with Crippen molar-refractivity contribution in [1.29, 1.82) is 0 Å². The normalized spacial score (nSPS) is 11.3. The molecule has 0 aliphatic carbocycles. The molecule has 0 saturated carbocycles. The van der Waals surface area contributed by atoms with E-state index >= 15 is 0 Å². The molecule has 0 spiro atoms. The fourth-order valence-corrected chi connectivity index (χ4v) is 2.11. The van der Waals surface area contributed by atoms with E-state index in [1.807, 2.05) is 0 Å². The van der Waals surface area contributed by atoms with Crippen LogP contribution in [-0.4, -0.2) is 21.2 Å². The van der Waals surface area contributed by atoms with Crippen LogP contribution in [-0.2, 0) is 12.7 Å². The van der Waals surface area contributed by atoms with Gasteiger partial charge in [0, 0.05) is 16.9 Å². The van der Waals surface area contributed by atoms with Gasteiger partial charge >= 0.3 is 12.2 Å². The molecule has 2 aromatic heterocycles. The Hall–Kier alpha value is -3.14. The smallest absolute Gasteiger partial charge is 0.337 e. The highest BCUT2D eigenvalue weighted by Crippen LogP contribution is 2.29. The lowest BCUT2D eigenvalue weighted by Crippen LogP contribution is -2.28. The Bertz CT molecular complexity index is 926. The van der Waals surface area contributed by atoms with Crippen molar-refractivity contribution < 1.29 is 22.5 Å². The number of anilines is 1. The van der Waals surface area contributed by atoms with Crippen molar-refractivity contribution in [2.45, 2.75) is 12.7 Å². The molecule has 0 unspecified atom stereocenters. The minimum atomic E-state index is -4.48. The van der Waals surface area contributed by atoms with Gasteiger partial charge in [0.2, 0.25) is 11.7 Å². The second-order valence-corrected chi connectivity index (χ2v) is 5.69. The number of halogens is 4. The van der Waals surface area contributed by atoms with E-state index in [0.29, 0.717) is 16.9 Å². The standard InChI is InChI=1S/C16H11ClF3N5O2/c17-10-2-4-11(5-3-10)23-15(26)22-8-13-24-14(25-27-13)12-6-1-9(7-21-12)16(18,19)20/h1-7H,8H2,(H2,22,23,26). The van der Waals surface area contributed by atoms with Gasteiger partial charge in [0.25, 0.3) is 0 Å². The number of nitrogens with one attached hydrogen (secondary N) is 2. The van der Waals surface area contributed by atoms with E-state index in [1.54, 1.807) is 24.3 Å². The third-order valence-corrected chi connectivity index (χ3v) is 3.54. The summed E-state index contributed by atoms with van der Waals surface area (Å²) in [6.07, 6.45) is -3.79. The van der Waals surface area contributed by atoms with Crippen LogP contribution >= 0.6 is 11.6 Å². The van der Waals surface area contributed by atoms with Crippen molar-refractivity contribution in [1.82, 2.24) is 20.4 Å². The van der Waals surface area contributed by atoms with Crippen molar-refractivity contribution >= 4 is 23.3 Å². The molecule has 0 fully saturated rings. The van der Waals surface area contributed by atoms with E-state index in [0.717, 1.165) is 12.1 Å². The number of benzene rings is 1. The number of pyridine rings is 1. The van der Waals surface area contributed by atoms with E-state index in [2.05, 4.69) is 25.8 Å². The summed E-state index contributed by atoms with van der Waals surface area (Å²) in [6, 6.07) is 8.00. The van der Waals surface area contributed by atoms with Gasteiger partial charge in [-0.15, -0.1) is 0 Å². The molecule has 0 saturated heterocycles. The molecule has 7 nitrogen and oxygen atoms in total. The highest BCUT2D eigenvalue weighted by Gasteiger charge is 2.30. The summed E-state index contributed by atoms with van der Waals surface area (Å²) in [6.45, 7) is -0.0763. The molecule has 0 radical (unpaired) electrons. The molecule has 3 rings (SSSR count). The number of carbonyl (C=O) groups is 1. The SMILES string of the molecule is O=C(NCc1nc(-c2ccc(C(F)(F)F)cn2)no1)Nc1ccc(Cl)cc1. The van der Waals surface area contributed by atoms with Crippen molar-refractivity contribution in [3.8, 4) is 11.5 Å². The minimum Gasteiger partial charge on any atom is -0.337 e. The zero-order valence-electron chi connectivity index (χ0n) is 13.4. The fourth-order valence-electron chi connectivity index (χ4n) is 1.99. The number of nitrogens with zero attached hydrogens (tertiary/aromatic N) is 3. The van der Waals surface area contributed by atoms with E-state index in [1.165, 1.54) is 0 Å². The molecule has 0 aliphatic rings. The molecule has 2 N–H and O–H groups in total.